The van der Waals surface area contributed by atoms with Crippen molar-refractivity contribution in [2.75, 3.05) is 17.2 Å². The molecule has 0 aliphatic rings. The zero-order valence-electron chi connectivity index (χ0n) is 16.3. The molecule has 0 saturated heterocycles. The Morgan fingerprint density at radius 3 is 2.45 bits per heavy atom. The molecule has 7 nitrogen and oxygen atoms in total. The Morgan fingerprint density at radius 1 is 1.03 bits per heavy atom. The van der Waals surface area contributed by atoms with Gasteiger partial charge in [0.25, 0.3) is 5.91 Å². The van der Waals surface area contributed by atoms with Crippen molar-refractivity contribution in [3.8, 4) is 0 Å². The van der Waals surface area contributed by atoms with Crippen LogP contribution in [0.15, 0.2) is 67.0 Å². The van der Waals surface area contributed by atoms with E-state index in [-0.39, 0.29) is 17.6 Å². The molecule has 0 aliphatic heterocycles. The highest BCUT2D eigenvalue weighted by atomic mass is 16.5. The summed E-state index contributed by atoms with van der Waals surface area (Å²) in [6.45, 7) is 4.07. The van der Waals surface area contributed by atoms with Crippen molar-refractivity contribution in [3.63, 3.8) is 0 Å². The van der Waals surface area contributed by atoms with E-state index in [2.05, 4.69) is 20.6 Å². The Balaban J connectivity index is 1.65. The van der Waals surface area contributed by atoms with Crippen LogP contribution in [0.3, 0.4) is 0 Å². The molecule has 29 heavy (non-hydrogen) atoms. The van der Waals surface area contributed by atoms with Crippen LogP contribution in [0.5, 0.6) is 0 Å². The molecular formula is C22H22N4O3. The fraction of sp³-hybridized carbons (Fsp3) is 0.182. The molecule has 1 aromatic heterocycles. The number of esters is 1. The lowest BCUT2D eigenvalue weighted by Gasteiger charge is -2.15. The van der Waals surface area contributed by atoms with Gasteiger partial charge in [0, 0.05) is 17.8 Å². The smallest absolute Gasteiger partial charge is 0.338 e. The van der Waals surface area contributed by atoms with E-state index in [0.717, 1.165) is 5.56 Å². The minimum absolute atomic E-state index is 0.0254. The third-order valence-electron chi connectivity index (χ3n) is 4.22. The Labute approximate surface area is 169 Å². The van der Waals surface area contributed by atoms with E-state index < -0.39 is 5.97 Å². The molecule has 1 unspecified atom stereocenters. The van der Waals surface area contributed by atoms with Gasteiger partial charge < -0.3 is 15.4 Å². The van der Waals surface area contributed by atoms with Crippen LogP contribution >= 0.6 is 0 Å². The molecule has 3 rings (SSSR count). The molecule has 3 aromatic rings. The van der Waals surface area contributed by atoms with E-state index in [1.54, 1.807) is 37.3 Å². The highest BCUT2D eigenvalue weighted by Gasteiger charge is 2.12. The van der Waals surface area contributed by atoms with Gasteiger partial charge in [-0.15, -0.1) is 0 Å². The summed E-state index contributed by atoms with van der Waals surface area (Å²) < 4.78 is 4.94. The predicted octanol–water partition coefficient (Wildman–Crippen LogP) is 4.08. The lowest BCUT2D eigenvalue weighted by Crippen LogP contribution is -2.15. The van der Waals surface area contributed by atoms with Gasteiger partial charge in [-0.1, -0.05) is 30.3 Å². The van der Waals surface area contributed by atoms with Crippen molar-refractivity contribution in [2.45, 2.75) is 19.9 Å². The first-order chi connectivity index (χ1) is 14.1. The Kier molecular flexibility index (Phi) is 6.52. The summed E-state index contributed by atoms with van der Waals surface area (Å²) in [6, 6.07) is 18.0. The molecule has 0 aliphatic carbocycles. The number of carbonyl (C=O) groups is 2. The van der Waals surface area contributed by atoms with Crippen molar-refractivity contribution < 1.29 is 14.3 Å². The van der Waals surface area contributed by atoms with Gasteiger partial charge in [-0.3, -0.25) is 4.79 Å². The third kappa shape index (κ3) is 5.38. The number of benzene rings is 2. The van der Waals surface area contributed by atoms with E-state index in [0.29, 0.717) is 23.7 Å². The number of rotatable bonds is 7. The standard InChI is InChI=1S/C22H22N4O3/c1-3-29-22(28)17-9-11-18(12-10-17)26-21(27)19-13-20(24-14-23-19)25-15(2)16-7-5-4-6-8-16/h4-15H,3H2,1-2H3,(H,26,27)(H,23,24,25). The fourth-order valence-electron chi connectivity index (χ4n) is 2.71. The molecule has 0 radical (unpaired) electrons. The van der Waals surface area contributed by atoms with Crippen molar-refractivity contribution in [3.05, 3.63) is 83.8 Å². The number of hydrogen-bond acceptors (Lipinski definition) is 6. The Bertz CT molecular complexity index is 975. The van der Waals surface area contributed by atoms with Crippen LogP contribution in [0.25, 0.3) is 0 Å². The minimum atomic E-state index is -0.399. The summed E-state index contributed by atoms with van der Waals surface area (Å²) in [7, 11) is 0. The number of amides is 1. The summed E-state index contributed by atoms with van der Waals surface area (Å²) in [5.41, 5.74) is 2.32. The second-order valence-electron chi connectivity index (χ2n) is 6.32. The van der Waals surface area contributed by atoms with Gasteiger partial charge in [0.15, 0.2) is 0 Å². The molecule has 1 amide bonds. The van der Waals surface area contributed by atoms with Crippen molar-refractivity contribution in [2.24, 2.45) is 0 Å². The normalized spacial score (nSPS) is 11.4. The zero-order valence-corrected chi connectivity index (χ0v) is 16.3. The molecule has 0 bridgehead atoms. The monoisotopic (exact) mass is 390 g/mol. The van der Waals surface area contributed by atoms with Crippen molar-refractivity contribution in [1.82, 2.24) is 9.97 Å². The summed E-state index contributed by atoms with van der Waals surface area (Å²) >= 11 is 0. The first-order valence-electron chi connectivity index (χ1n) is 9.29. The Morgan fingerprint density at radius 2 is 1.76 bits per heavy atom. The molecule has 1 atom stereocenters. The molecular weight excluding hydrogens is 368 g/mol. The molecule has 1 heterocycles. The highest BCUT2D eigenvalue weighted by Crippen LogP contribution is 2.18. The van der Waals surface area contributed by atoms with Crippen molar-refractivity contribution in [1.29, 1.82) is 0 Å². The first-order valence-corrected chi connectivity index (χ1v) is 9.29. The molecule has 0 fully saturated rings. The number of hydrogen-bond donors (Lipinski definition) is 2. The number of aromatic nitrogens is 2. The minimum Gasteiger partial charge on any atom is -0.462 e. The predicted molar refractivity (Wildman–Crippen MR) is 111 cm³/mol. The van der Waals surface area contributed by atoms with E-state index in [1.165, 1.54) is 6.33 Å². The summed E-state index contributed by atoms with van der Waals surface area (Å²) in [4.78, 5) is 32.5. The quantitative estimate of drug-likeness (QED) is 0.591. The maximum Gasteiger partial charge on any atom is 0.338 e. The van der Waals surface area contributed by atoms with E-state index >= 15 is 0 Å². The molecule has 2 aromatic carbocycles. The number of anilines is 2. The molecule has 148 valence electrons. The maximum atomic E-state index is 12.5. The third-order valence-corrected chi connectivity index (χ3v) is 4.22. The molecule has 7 heteroatoms. The second-order valence-corrected chi connectivity index (χ2v) is 6.32. The van der Waals surface area contributed by atoms with Gasteiger partial charge in [-0.2, -0.15) is 0 Å². The number of ether oxygens (including phenoxy) is 1. The van der Waals surface area contributed by atoms with E-state index in [9.17, 15) is 9.59 Å². The van der Waals surface area contributed by atoms with Gasteiger partial charge in [0.05, 0.1) is 12.2 Å². The lowest BCUT2D eigenvalue weighted by atomic mass is 10.1. The van der Waals surface area contributed by atoms with Gasteiger partial charge >= 0.3 is 5.97 Å². The van der Waals surface area contributed by atoms with Crippen molar-refractivity contribution >= 4 is 23.4 Å². The summed E-state index contributed by atoms with van der Waals surface area (Å²) in [6.07, 6.45) is 1.35. The zero-order chi connectivity index (χ0) is 20.6. The highest BCUT2D eigenvalue weighted by molar-refractivity contribution is 6.03. The largest absolute Gasteiger partial charge is 0.462 e. The van der Waals surface area contributed by atoms with Crippen LogP contribution in [0, 0.1) is 0 Å². The second kappa shape index (κ2) is 9.45. The van der Waals surface area contributed by atoms with Gasteiger partial charge in [0.2, 0.25) is 0 Å². The van der Waals surface area contributed by atoms with Crippen LogP contribution < -0.4 is 10.6 Å². The van der Waals surface area contributed by atoms with Gasteiger partial charge in [0.1, 0.15) is 17.8 Å². The topological polar surface area (TPSA) is 93.2 Å². The first kappa shape index (κ1) is 20.0. The average Bonchev–Trinajstić information content (AvgIpc) is 2.75. The fourth-order valence-corrected chi connectivity index (χ4v) is 2.71. The van der Waals surface area contributed by atoms with E-state index in [1.807, 2.05) is 37.3 Å². The SMILES string of the molecule is CCOC(=O)c1ccc(NC(=O)c2cc(NC(C)c3ccccc3)ncn2)cc1. The average molecular weight is 390 g/mol. The summed E-state index contributed by atoms with van der Waals surface area (Å²) in [5.74, 6) is -0.213. The van der Waals surface area contributed by atoms with Crippen LogP contribution in [-0.2, 0) is 4.74 Å². The van der Waals surface area contributed by atoms with Gasteiger partial charge in [-0.25, -0.2) is 14.8 Å². The Hall–Kier alpha value is -3.74. The number of carbonyl (C=O) groups excluding carboxylic acids is 2. The molecule has 2 N–H and O–H groups in total. The van der Waals surface area contributed by atoms with Crippen LogP contribution in [0.4, 0.5) is 11.5 Å². The summed E-state index contributed by atoms with van der Waals surface area (Å²) in [5, 5.41) is 6.03. The number of nitrogens with one attached hydrogen (secondary N) is 2. The molecule has 0 spiro atoms. The van der Waals surface area contributed by atoms with E-state index in [4.69, 9.17) is 4.74 Å². The van der Waals surface area contributed by atoms with Gasteiger partial charge in [-0.05, 0) is 43.7 Å². The van der Waals surface area contributed by atoms with Crippen LogP contribution in [0.2, 0.25) is 0 Å². The van der Waals surface area contributed by atoms with Crippen LogP contribution in [-0.4, -0.2) is 28.5 Å². The number of nitrogens with zero attached hydrogens (tertiary/aromatic N) is 2. The molecule has 0 saturated carbocycles. The lowest BCUT2D eigenvalue weighted by molar-refractivity contribution is 0.0526. The van der Waals surface area contributed by atoms with Crippen LogP contribution in [0.1, 0.15) is 46.3 Å². The maximum absolute atomic E-state index is 12.5.